The number of amides is 1. The first-order valence-corrected chi connectivity index (χ1v) is 10.5. The second-order valence-corrected chi connectivity index (χ2v) is 7.48. The molecule has 0 unspecified atom stereocenters. The van der Waals surface area contributed by atoms with Crippen LogP contribution < -0.4 is 14.8 Å². The highest BCUT2D eigenvalue weighted by Crippen LogP contribution is 2.31. The molecule has 4 rings (SSSR count). The molecule has 7 heteroatoms. The SMILES string of the molecule is CCOc1cc(CNc2c(C(=O)N3CCCC3)cnc3ccc(F)cc23)ccc1OC. The molecule has 1 aromatic heterocycles. The van der Waals surface area contributed by atoms with E-state index in [1.54, 1.807) is 19.4 Å². The van der Waals surface area contributed by atoms with Gasteiger partial charge in [-0.2, -0.15) is 0 Å². The first kappa shape index (κ1) is 20.9. The number of pyridine rings is 1. The van der Waals surface area contributed by atoms with Gasteiger partial charge in [0, 0.05) is 31.2 Å². The molecule has 2 aromatic carbocycles. The number of hydrogen-bond donors (Lipinski definition) is 1. The van der Waals surface area contributed by atoms with E-state index in [1.165, 1.54) is 12.1 Å². The molecular formula is C24H26FN3O3. The van der Waals surface area contributed by atoms with Crippen molar-refractivity contribution in [3.05, 3.63) is 59.5 Å². The van der Waals surface area contributed by atoms with Gasteiger partial charge in [0.05, 0.1) is 30.5 Å². The van der Waals surface area contributed by atoms with Crippen LogP contribution >= 0.6 is 0 Å². The van der Waals surface area contributed by atoms with Crippen molar-refractivity contribution in [2.75, 3.05) is 32.1 Å². The summed E-state index contributed by atoms with van der Waals surface area (Å²) in [6, 6.07) is 10.1. The summed E-state index contributed by atoms with van der Waals surface area (Å²) in [6.07, 6.45) is 3.58. The summed E-state index contributed by atoms with van der Waals surface area (Å²) in [6.45, 7) is 4.33. The molecule has 1 aliphatic heterocycles. The maximum Gasteiger partial charge on any atom is 0.257 e. The molecule has 31 heavy (non-hydrogen) atoms. The maximum atomic E-state index is 14.1. The molecule has 1 saturated heterocycles. The van der Waals surface area contributed by atoms with Crippen LogP contribution in [0.15, 0.2) is 42.6 Å². The number of hydrogen-bond acceptors (Lipinski definition) is 5. The van der Waals surface area contributed by atoms with Crippen molar-refractivity contribution in [3.63, 3.8) is 0 Å². The minimum Gasteiger partial charge on any atom is -0.493 e. The summed E-state index contributed by atoms with van der Waals surface area (Å²) in [5.74, 6) is 0.866. The van der Waals surface area contributed by atoms with Gasteiger partial charge in [-0.15, -0.1) is 0 Å². The molecule has 0 bridgehead atoms. The highest BCUT2D eigenvalue weighted by molar-refractivity contribution is 6.07. The number of fused-ring (bicyclic) bond motifs is 1. The van der Waals surface area contributed by atoms with E-state index in [-0.39, 0.29) is 11.7 Å². The first-order chi connectivity index (χ1) is 15.1. The molecule has 1 aliphatic rings. The van der Waals surface area contributed by atoms with E-state index in [4.69, 9.17) is 9.47 Å². The third-order valence-electron chi connectivity index (χ3n) is 5.45. The van der Waals surface area contributed by atoms with E-state index in [0.717, 1.165) is 31.5 Å². The van der Waals surface area contributed by atoms with Gasteiger partial charge in [-0.1, -0.05) is 6.07 Å². The van der Waals surface area contributed by atoms with Crippen LogP contribution in [0.1, 0.15) is 35.7 Å². The lowest BCUT2D eigenvalue weighted by Gasteiger charge is -2.20. The third kappa shape index (κ3) is 4.40. The van der Waals surface area contributed by atoms with Crippen molar-refractivity contribution in [3.8, 4) is 11.5 Å². The average Bonchev–Trinajstić information content (AvgIpc) is 3.32. The van der Waals surface area contributed by atoms with Crippen LogP contribution in [0.3, 0.4) is 0 Å². The zero-order valence-corrected chi connectivity index (χ0v) is 17.8. The number of likely N-dealkylation sites (tertiary alicyclic amines) is 1. The Morgan fingerprint density at radius 3 is 2.71 bits per heavy atom. The number of carbonyl (C=O) groups excluding carboxylic acids is 1. The van der Waals surface area contributed by atoms with Crippen molar-refractivity contribution in [2.24, 2.45) is 0 Å². The zero-order valence-electron chi connectivity index (χ0n) is 17.8. The lowest BCUT2D eigenvalue weighted by molar-refractivity contribution is 0.0793. The Hall–Kier alpha value is -3.35. The average molecular weight is 423 g/mol. The van der Waals surface area contributed by atoms with E-state index < -0.39 is 0 Å². The van der Waals surface area contributed by atoms with E-state index in [9.17, 15) is 9.18 Å². The highest BCUT2D eigenvalue weighted by Gasteiger charge is 2.24. The standard InChI is InChI=1S/C24H26FN3O3/c1-3-31-22-12-16(6-9-21(22)30-2)14-27-23-18-13-17(25)7-8-20(18)26-15-19(23)24(29)28-10-4-5-11-28/h6-9,12-13,15H,3-5,10-11,14H2,1-2H3,(H,26,27). The Labute approximate surface area is 181 Å². The molecule has 2 heterocycles. The lowest BCUT2D eigenvalue weighted by atomic mass is 10.1. The summed E-state index contributed by atoms with van der Waals surface area (Å²) in [5.41, 5.74) is 2.63. The van der Waals surface area contributed by atoms with Crippen LogP contribution in [-0.4, -0.2) is 42.6 Å². The molecular weight excluding hydrogens is 397 g/mol. The van der Waals surface area contributed by atoms with Gasteiger partial charge >= 0.3 is 0 Å². The van der Waals surface area contributed by atoms with E-state index in [0.29, 0.717) is 46.8 Å². The van der Waals surface area contributed by atoms with Gasteiger partial charge in [0.25, 0.3) is 5.91 Å². The molecule has 0 radical (unpaired) electrons. The number of nitrogens with zero attached hydrogens (tertiary/aromatic N) is 2. The molecule has 0 spiro atoms. The van der Waals surface area contributed by atoms with Gasteiger partial charge in [0.1, 0.15) is 5.82 Å². The summed E-state index contributed by atoms with van der Waals surface area (Å²) >= 11 is 0. The second-order valence-electron chi connectivity index (χ2n) is 7.48. The van der Waals surface area contributed by atoms with Crippen molar-refractivity contribution in [1.82, 2.24) is 9.88 Å². The summed E-state index contributed by atoms with van der Waals surface area (Å²) in [4.78, 5) is 19.4. The number of ether oxygens (including phenoxy) is 2. The number of rotatable bonds is 7. The minimum absolute atomic E-state index is 0.0802. The van der Waals surface area contributed by atoms with Gasteiger partial charge in [0.2, 0.25) is 0 Å². The number of nitrogens with one attached hydrogen (secondary N) is 1. The van der Waals surface area contributed by atoms with E-state index in [2.05, 4.69) is 10.3 Å². The van der Waals surface area contributed by atoms with Crippen LogP contribution in [0, 0.1) is 5.82 Å². The minimum atomic E-state index is -0.369. The molecule has 162 valence electrons. The van der Waals surface area contributed by atoms with Gasteiger partial charge in [-0.25, -0.2) is 4.39 Å². The van der Waals surface area contributed by atoms with Crippen LogP contribution in [-0.2, 0) is 6.54 Å². The fourth-order valence-electron chi connectivity index (χ4n) is 3.90. The Bertz CT molecular complexity index is 1100. The van der Waals surface area contributed by atoms with Crippen LogP contribution in [0.25, 0.3) is 10.9 Å². The van der Waals surface area contributed by atoms with Crippen LogP contribution in [0.5, 0.6) is 11.5 Å². The van der Waals surface area contributed by atoms with Crippen molar-refractivity contribution < 1.29 is 18.7 Å². The molecule has 3 aromatic rings. The Kier molecular flexibility index (Phi) is 6.21. The Balaban J connectivity index is 1.69. The summed E-state index contributed by atoms with van der Waals surface area (Å²) < 4.78 is 25.1. The normalized spacial score (nSPS) is 13.5. The van der Waals surface area contributed by atoms with E-state index >= 15 is 0 Å². The molecule has 1 N–H and O–H groups in total. The monoisotopic (exact) mass is 423 g/mol. The van der Waals surface area contributed by atoms with Crippen molar-refractivity contribution >= 4 is 22.5 Å². The zero-order chi connectivity index (χ0) is 21.8. The smallest absolute Gasteiger partial charge is 0.257 e. The number of halogens is 1. The van der Waals surface area contributed by atoms with Gasteiger partial charge < -0.3 is 19.7 Å². The molecule has 0 atom stereocenters. The molecule has 0 saturated carbocycles. The topological polar surface area (TPSA) is 63.7 Å². The molecule has 1 amide bonds. The number of anilines is 1. The van der Waals surface area contributed by atoms with Crippen LogP contribution in [0.2, 0.25) is 0 Å². The number of benzene rings is 2. The molecule has 1 fully saturated rings. The maximum absolute atomic E-state index is 14.1. The number of aromatic nitrogens is 1. The number of carbonyl (C=O) groups is 1. The fourth-order valence-corrected chi connectivity index (χ4v) is 3.90. The predicted molar refractivity (Wildman–Crippen MR) is 118 cm³/mol. The molecule has 0 aliphatic carbocycles. The number of methoxy groups -OCH3 is 1. The summed E-state index contributed by atoms with van der Waals surface area (Å²) in [7, 11) is 1.60. The largest absolute Gasteiger partial charge is 0.493 e. The first-order valence-electron chi connectivity index (χ1n) is 10.5. The van der Waals surface area contributed by atoms with Gasteiger partial charge in [-0.3, -0.25) is 9.78 Å². The van der Waals surface area contributed by atoms with Crippen LogP contribution in [0.4, 0.5) is 10.1 Å². The predicted octanol–water partition coefficient (Wildman–Crippen LogP) is 4.63. The highest BCUT2D eigenvalue weighted by atomic mass is 19.1. The molecule has 6 nitrogen and oxygen atoms in total. The fraction of sp³-hybridized carbons (Fsp3) is 0.333. The Morgan fingerprint density at radius 2 is 1.97 bits per heavy atom. The van der Waals surface area contributed by atoms with Gasteiger partial charge in [0.15, 0.2) is 11.5 Å². The van der Waals surface area contributed by atoms with Crippen molar-refractivity contribution in [1.29, 1.82) is 0 Å². The van der Waals surface area contributed by atoms with E-state index in [1.807, 2.05) is 30.0 Å². The quantitative estimate of drug-likeness (QED) is 0.600. The Morgan fingerprint density at radius 1 is 1.16 bits per heavy atom. The van der Waals surface area contributed by atoms with Gasteiger partial charge in [-0.05, 0) is 55.7 Å². The van der Waals surface area contributed by atoms with Crippen molar-refractivity contribution in [2.45, 2.75) is 26.3 Å². The second kappa shape index (κ2) is 9.20. The lowest BCUT2D eigenvalue weighted by Crippen LogP contribution is -2.28. The summed E-state index contributed by atoms with van der Waals surface area (Å²) in [5, 5.41) is 3.95. The third-order valence-corrected chi connectivity index (χ3v) is 5.45.